The number of halogens is 1. The summed E-state index contributed by atoms with van der Waals surface area (Å²) >= 11 is 3.33. The molecule has 0 radical (unpaired) electrons. The Bertz CT molecular complexity index is 471. The maximum atomic E-state index is 12.1. The Morgan fingerprint density at radius 1 is 1.28 bits per heavy atom. The zero-order valence-corrected chi connectivity index (χ0v) is 13.3. The van der Waals surface area contributed by atoms with Crippen molar-refractivity contribution in [1.82, 2.24) is 9.62 Å². The van der Waals surface area contributed by atoms with Crippen LogP contribution in [0.3, 0.4) is 0 Å². The van der Waals surface area contributed by atoms with E-state index in [4.69, 9.17) is 0 Å². The van der Waals surface area contributed by atoms with E-state index in [0.717, 1.165) is 10.9 Å². The van der Waals surface area contributed by atoms with Gasteiger partial charge in [0.05, 0.1) is 4.90 Å². The van der Waals surface area contributed by atoms with Crippen LogP contribution in [0.5, 0.6) is 0 Å². The Morgan fingerprint density at radius 2 is 1.83 bits per heavy atom. The van der Waals surface area contributed by atoms with E-state index >= 15 is 0 Å². The van der Waals surface area contributed by atoms with Crippen LogP contribution < -0.4 is 4.72 Å². The lowest BCUT2D eigenvalue weighted by Gasteiger charge is -2.18. The van der Waals surface area contributed by atoms with Gasteiger partial charge in [0.2, 0.25) is 10.0 Å². The lowest BCUT2D eigenvalue weighted by atomic mass is 10.2. The van der Waals surface area contributed by atoms with E-state index in [1.807, 2.05) is 25.9 Å². The molecule has 1 unspecified atom stereocenters. The van der Waals surface area contributed by atoms with Crippen molar-refractivity contribution < 1.29 is 8.42 Å². The van der Waals surface area contributed by atoms with Gasteiger partial charge in [-0.3, -0.25) is 0 Å². The second kappa shape index (κ2) is 6.65. The molecule has 0 heterocycles. The molecule has 0 aliphatic heterocycles. The molecule has 6 heteroatoms. The van der Waals surface area contributed by atoms with Crippen molar-refractivity contribution in [3.8, 4) is 0 Å². The van der Waals surface area contributed by atoms with Crippen LogP contribution in [0.15, 0.2) is 29.2 Å². The van der Waals surface area contributed by atoms with Crippen LogP contribution in [0.2, 0.25) is 0 Å². The molecule has 0 amide bonds. The first kappa shape index (κ1) is 15.6. The Kier molecular flexibility index (Phi) is 5.78. The molecule has 18 heavy (non-hydrogen) atoms. The minimum absolute atomic E-state index is 0.124. The zero-order valence-electron chi connectivity index (χ0n) is 10.9. The molecule has 0 saturated carbocycles. The summed E-state index contributed by atoms with van der Waals surface area (Å²) in [6, 6.07) is 6.74. The monoisotopic (exact) mass is 334 g/mol. The molecule has 0 aromatic heterocycles. The van der Waals surface area contributed by atoms with E-state index in [1.54, 1.807) is 24.3 Å². The third kappa shape index (κ3) is 4.68. The molecule has 4 nitrogen and oxygen atoms in total. The van der Waals surface area contributed by atoms with Crippen LogP contribution in [-0.2, 0) is 15.4 Å². The second-order valence-electron chi connectivity index (χ2n) is 4.56. The zero-order chi connectivity index (χ0) is 13.8. The van der Waals surface area contributed by atoms with Crippen molar-refractivity contribution in [2.75, 3.05) is 20.6 Å². The van der Waals surface area contributed by atoms with Crippen molar-refractivity contribution in [2.45, 2.75) is 23.2 Å². The largest absolute Gasteiger partial charge is 0.308 e. The molecule has 0 bridgehead atoms. The van der Waals surface area contributed by atoms with Gasteiger partial charge in [0.15, 0.2) is 0 Å². The molecular weight excluding hydrogens is 316 g/mol. The highest BCUT2D eigenvalue weighted by Crippen LogP contribution is 2.13. The van der Waals surface area contributed by atoms with E-state index in [9.17, 15) is 8.42 Å². The Hall–Kier alpha value is -0.430. The number of likely N-dealkylation sites (N-methyl/N-ethyl adjacent to an activating group) is 1. The van der Waals surface area contributed by atoms with Crippen molar-refractivity contribution in [3.63, 3.8) is 0 Å². The highest BCUT2D eigenvalue weighted by Gasteiger charge is 2.17. The topological polar surface area (TPSA) is 49.4 Å². The fraction of sp³-hybridized carbons (Fsp3) is 0.500. The SMILES string of the molecule is CC(CN(C)C)NS(=O)(=O)c1ccc(CBr)cc1. The van der Waals surface area contributed by atoms with Gasteiger partial charge in [-0.2, -0.15) is 0 Å². The minimum Gasteiger partial charge on any atom is -0.308 e. The summed E-state index contributed by atoms with van der Waals surface area (Å²) in [5, 5.41) is 0.720. The first-order valence-corrected chi connectivity index (χ1v) is 8.27. The number of nitrogens with one attached hydrogen (secondary N) is 1. The van der Waals surface area contributed by atoms with Crippen LogP contribution >= 0.6 is 15.9 Å². The predicted molar refractivity (Wildman–Crippen MR) is 77.4 cm³/mol. The third-order valence-corrected chi connectivity index (χ3v) is 4.64. The summed E-state index contributed by atoms with van der Waals surface area (Å²) < 4.78 is 26.8. The maximum absolute atomic E-state index is 12.1. The van der Waals surface area contributed by atoms with Crippen molar-refractivity contribution >= 4 is 26.0 Å². The van der Waals surface area contributed by atoms with E-state index in [2.05, 4.69) is 20.7 Å². The van der Waals surface area contributed by atoms with E-state index in [0.29, 0.717) is 11.4 Å². The van der Waals surface area contributed by atoms with Crippen LogP contribution in [0, 0.1) is 0 Å². The first-order chi connectivity index (χ1) is 8.35. The van der Waals surface area contributed by atoms with Gasteiger partial charge in [0.1, 0.15) is 0 Å². The van der Waals surface area contributed by atoms with Crippen molar-refractivity contribution in [3.05, 3.63) is 29.8 Å². The molecule has 1 rings (SSSR count). The van der Waals surface area contributed by atoms with E-state index < -0.39 is 10.0 Å². The van der Waals surface area contributed by atoms with E-state index in [-0.39, 0.29) is 6.04 Å². The molecule has 102 valence electrons. The van der Waals surface area contributed by atoms with Crippen LogP contribution in [0.1, 0.15) is 12.5 Å². The van der Waals surface area contributed by atoms with Gasteiger partial charge in [-0.25, -0.2) is 13.1 Å². The lowest BCUT2D eigenvalue weighted by Crippen LogP contribution is -2.39. The van der Waals surface area contributed by atoms with Crippen LogP contribution in [0.4, 0.5) is 0 Å². The summed E-state index contributed by atoms with van der Waals surface area (Å²) in [7, 11) is 0.402. The highest BCUT2D eigenvalue weighted by molar-refractivity contribution is 9.08. The summed E-state index contributed by atoms with van der Waals surface area (Å²) in [4.78, 5) is 2.25. The molecule has 0 aliphatic rings. The fourth-order valence-electron chi connectivity index (χ4n) is 1.68. The standard InChI is InChI=1S/C12H19BrN2O2S/c1-10(9-15(2)3)14-18(16,17)12-6-4-11(8-13)5-7-12/h4-7,10,14H,8-9H2,1-3H3. The molecule has 1 N–H and O–H groups in total. The summed E-state index contributed by atoms with van der Waals surface area (Å²) in [6.07, 6.45) is 0. The summed E-state index contributed by atoms with van der Waals surface area (Å²) in [5.74, 6) is 0. The fourth-order valence-corrected chi connectivity index (χ4v) is 3.28. The van der Waals surface area contributed by atoms with Crippen LogP contribution in [-0.4, -0.2) is 40.0 Å². The number of nitrogens with zero attached hydrogens (tertiary/aromatic N) is 1. The van der Waals surface area contributed by atoms with Crippen LogP contribution in [0.25, 0.3) is 0 Å². The molecule has 0 fully saturated rings. The molecule has 1 aromatic carbocycles. The predicted octanol–water partition coefficient (Wildman–Crippen LogP) is 1.81. The van der Waals surface area contributed by atoms with Gasteiger partial charge >= 0.3 is 0 Å². The van der Waals surface area contributed by atoms with Gasteiger partial charge in [-0.05, 0) is 38.7 Å². The Balaban J connectivity index is 2.79. The molecule has 0 spiro atoms. The maximum Gasteiger partial charge on any atom is 0.240 e. The van der Waals surface area contributed by atoms with Gasteiger partial charge in [0.25, 0.3) is 0 Å². The Morgan fingerprint density at radius 3 is 2.28 bits per heavy atom. The molecule has 1 aromatic rings. The molecular formula is C12H19BrN2O2S. The minimum atomic E-state index is -3.42. The van der Waals surface area contributed by atoms with Gasteiger partial charge < -0.3 is 4.90 Å². The highest BCUT2D eigenvalue weighted by atomic mass is 79.9. The average Bonchev–Trinajstić information content (AvgIpc) is 2.27. The quantitative estimate of drug-likeness (QED) is 0.807. The van der Waals surface area contributed by atoms with Crippen molar-refractivity contribution in [2.24, 2.45) is 0 Å². The number of benzene rings is 1. The van der Waals surface area contributed by atoms with Gasteiger partial charge in [-0.15, -0.1) is 0 Å². The van der Waals surface area contributed by atoms with Gasteiger partial charge in [-0.1, -0.05) is 28.1 Å². The first-order valence-electron chi connectivity index (χ1n) is 5.67. The normalized spacial score (nSPS) is 13.8. The number of hydrogen-bond acceptors (Lipinski definition) is 3. The molecule has 0 aliphatic carbocycles. The Labute approximate surface area is 118 Å². The summed E-state index contributed by atoms with van der Waals surface area (Å²) in [6.45, 7) is 2.52. The number of alkyl halides is 1. The molecule has 0 saturated heterocycles. The van der Waals surface area contributed by atoms with Gasteiger partial charge in [0, 0.05) is 17.9 Å². The number of hydrogen-bond donors (Lipinski definition) is 1. The lowest BCUT2D eigenvalue weighted by molar-refractivity contribution is 0.370. The number of sulfonamides is 1. The smallest absolute Gasteiger partial charge is 0.240 e. The third-order valence-electron chi connectivity index (χ3n) is 2.38. The van der Waals surface area contributed by atoms with E-state index in [1.165, 1.54) is 0 Å². The van der Waals surface area contributed by atoms with Crippen molar-refractivity contribution in [1.29, 1.82) is 0 Å². The summed E-state index contributed by atoms with van der Waals surface area (Å²) in [5.41, 5.74) is 1.05. The average molecular weight is 335 g/mol. The number of rotatable bonds is 6. The second-order valence-corrected chi connectivity index (χ2v) is 6.84. The molecule has 1 atom stereocenters.